The van der Waals surface area contributed by atoms with Crippen molar-refractivity contribution in [3.05, 3.63) is 46.3 Å². The molecule has 0 spiro atoms. The average molecular weight is 225 g/mol. The van der Waals surface area contributed by atoms with Crippen LogP contribution in [0.3, 0.4) is 0 Å². The third kappa shape index (κ3) is 3.32. The molecule has 0 saturated heterocycles. The molecule has 0 unspecified atom stereocenters. The summed E-state index contributed by atoms with van der Waals surface area (Å²) in [6.07, 6.45) is 3.48. The number of nitro benzene ring substituents is 1. The van der Waals surface area contributed by atoms with Crippen LogP contribution in [0.5, 0.6) is 0 Å². The van der Waals surface area contributed by atoms with Crippen molar-refractivity contribution in [1.82, 2.24) is 0 Å². The zero-order valence-corrected chi connectivity index (χ0v) is 8.52. The first kappa shape index (κ1) is 12.1. The summed E-state index contributed by atoms with van der Waals surface area (Å²) in [5.74, 6) is -0.643. The number of nitrogens with one attached hydrogen (secondary N) is 1. The Morgan fingerprint density at radius 1 is 1.50 bits per heavy atom. The molecular weight excluding hydrogens is 213 g/mol. The standard InChI is InChI=1S/C10H12FN3O2/c11-9-7-8(14(15)16)3-4-10(9)13-6-2-1-5-12/h1-4,7,13H,5-6,12H2/b2-1+. The van der Waals surface area contributed by atoms with Gasteiger partial charge in [0.2, 0.25) is 0 Å². The number of rotatable bonds is 5. The van der Waals surface area contributed by atoms with Gasteiger partial charge in [0.15, 0.2) is 5.82 Å². The van der Waals surface area contributed by atoms with Crippen molar-refractivity contribution in [3.63, 3.8) is 0 Å². The molecule has 1 rings (SSSR count). The third-order valence-corrected chi connectivity index (χ3v) is 1.88. The summed E-state index contributed by atoms with van der Waals surface area (Å²) in [6, 6.07) is 3.47. The van der Waals surface area contributed by atoms with Gasteiger partial charge in [0.05, 0.1) is 16.7 Å². The zero-order chi connectivity index (χ0) is 12.0. The molecule has 0 saturated carbocycles. The largest absolute Gasteiger partial charge is 0.379 e. The van der Waals surface area contributed by atoms with Crippen molar-refractivity contribution in [3.8, 4) is 0 Å². The molecule has 1 aromatic rings. The van der Waals surface area contributed by atoms with Gasteiger partial charge in [-0.1, -0.05) is 12.2 Å². The summed E-state index contributed by atoms with van der Waals surface area (Å²) in [5.41, 5.74) is 5.19. The monoisotopic (exact) mass is 225 g/mol. The van der Waals surface area contributed by atoms with E-state index >= 15 is 0 Å². The van der Waals surface area contributed by atoms with Crippen LogP contribution in [0.4, 0.5) is 15.8 Å². The summed E-state index contributed by atoms with van der Waals surface area (Å²) in [6.45, 7) is 0.844. The quantitative estimate of drug-likeness (QED) is 0.453. The van der Waals surface area contributed by atoms with E-state index in [1.54, 1.807) is 12.2 Å². The van der Waals surface area contributed by atoms with E-state index in [9.17, 15) is 14.5 Å². The van der Waals surface area contributed by atoms with Crippen molar-refractivity contribution in [2.24, 2.45) is 5.73 Å². The number of nitrogens with two attached hydrogens (primary N) is 1. The van der Waals surface area contributed by atoms with Gasteiger partial charge in [0, 0.05) is 19.2 Å². The highest BCUT2D eigenvalue weighted by atomic mass is 19.1. The van der Waals surface area contributed by atoms with Crippen molar-refractivity contribution in [1.29, 1.82) is 0 Å². The Labute approximate surface area is 91.9 Å². The molecule has 6 heteroatoms. The smallest absolute Gasteiger partial charge is 0.272 e. The van der Waals surface area contributed by atoms with E-state index in [1.807, 2.05) is 0 Å². The van der Waals surface area contributed by atoms with Crippen LogP contribution in [0.1, 0.15) is 0 Å². The minimum atomic E-state index is -0.643. The second-order valence-corrected chi connectivity index (χ2v) is 3.01. The molecule has 0 aliphatic rings. The van der Waals surface area contributed by atoms with Crippen LogP contribution in [-0.2, 0) is 0 Å². The summed E-state index contributed by atoms with van der Waals surface area (Å²) in [4.78, 5) is 9.72. The predicted molar refractivity (Wildman–Crippen MR) is 59.7 cm³/mol. The van der Waals surface area contributed by atoms with E-state index in [-0.39, 0.29) is 11.4 Å². The summed E-state index contributed by atoms with van der Waals surface area (Å²) >= 11 is 0. The molecule has 0 aromatic heterocycles. The summed E-state index contributed by atoms with van der Waals surface area (Å²) < 4.78 is 13.3. The lowest BCUT2D eigenvalue weighted by molar-refractivity contribution is -0.385. The fourth-order valence-electron chi connectivity index (χ4n) is 1.11. The van der Waals surface area contributed by atoms with Gasteiger partial charge in [-0.25, -0.2) is 4.39 Å². The molecule has 0 aliphatic heterocycles. The van der Waals surface area contributed by atoms with E-state index < -0.39 is 10.7 Å². The van der Waals surface area contributed by atoms with E-state index in [0.717, 1.165) is 6.07 Å². The molecule has 0 heterocycles. The van der Waals surface area contributed by atoms with Crippen LogP contribution in [0, 0.1) is 15.9 Å². The minimum Gasteiger partial charge on any atom is -0.379 e. The highest BCUT2D eigenvalue weighted by molar-refractivity contribution is 5.50. The SMILES string of the molecule is NC/C=C/CNc1ccc([N+](=O)[O-])cc1F. The van der Waals surface area contributed by atoms with Gasteiger partial charge in [-0.05, 0) is 6.07 Å². The fourth-order valence-corrected chi connectivity index (χ4v) is 1.11. The van der Waals surface area contributed by atoms with Crippen LogP contribution in [-0.4, -0.2) is 18.0 Å². The number of halogens is 1. The van der Waals surface area contributed by atoms with Gasteiger partial charge in [-0.2, -0.15) is 0 Å². The Balaban J connectivity index is 2.68. The lowest BCUT2D eigenvalue weighted by atomic mass is 10.2. The highest BCUT2D eigenvalue weighted by Crippen LogP contribution is 2.20. The second-order valence-electron chi connectivity index (χ2n) is 3.01. The predicted octanol–water partition coefficient (Wildman–Crippen LogP) is 1.66. The first-order valence-corrected chi connectivity index (χ1v) is 4.68. The Kier molecular flexibility index (Phi) is 4.41. The molecule has 0 aliphatic carbocycles. The molecule has 0 fully saturated rings. The molecule has 3 N–H and O–H groups in total. The maximum atomic E-state index is 13.3. The number of nitro groups is 1. The first-order valence-electron chi connectivity index (χ1n) is 4.68. The van der Waals surface area contributed by atoms with Gasteiger partial charge >= 0.3 is 0 Å². The van der Waals surface area contributed by atoms with E-state index in [2.05, 4.69) is 5.32 Å². The molecular formula is C10H12FN3O2. The second kappa shape index (κ2) is 5.82. The molecule has 0 bridgehead atoms. The van der Waals surface area contributed by atoms with Gasteiger partial charge in [0.25, 0.3) is 5.69 Å². The van der Waals surface area contributed by atoms with Gasteiger partial charge in [0.1, 0.15) is 0 Å². The third-order valence-electron chi connectivity index (χ3n) is 1.88. The maximum absolute atomic E-state index is 13.3. The lowest BCUT2D eigenvalue weighted by Gasteiger charge is -2.04. The van der Waals surface area contributed by atoms with Crippen LogP contribution >= 0.6 is 0 Å². The number of anilines is 1. The molecule has 86 valence electrons. The van der Waals surface area contributed by atoms with Gasteiger partial charge in [-0.15, -0.1) is 0 Å². The van der Waals surface area contributed by atoms with Gasteiger partial charge < -0.3 is 11.1 Å². The molecule has 16 heavy (non-hydrogen) atoms. The van der Waals surface area contributed by atoms with E-state index in [4.69, 9.17) is 5.73 Å². The fraction of sp³-hybridized carbons (Fsp3) is 0.200. The van der Waals surface area contributed by atoms with Crippen molar-refractivity contribution in [2.45, 2.75) is 0 Å². The maximum Gasteiger partial charge on any atom is 0.272 e. The minimum absolute atomic E-state index is 0.229. The number of nitrogens with zero attached hydrogens (tertiary/aromatic N) is 1. The molecule has 5 nitrogen and oxygen atoms in total. The van der Waals surface area contributed by atoms with Gasteiger partial charge in [-0.3, -0.25) is 10.1 Å². The lowest BCUT2D eigenvalue weighted by Crippen LogP contribution is -2.02. The number of non-ortho nitro benzene ring substituents is 1. The van der Waals surface area contributed by atoms with Crippen molar-refractivity contribution < 1.29 is 9.31 Å². The summed E-state index contributed by atoms with van der Waals surface area (Å²) in [5, 5.41) is 13.1. The van der Waals surface area contributed by atoms with Crippen LogP contribution in [0.15, 0.2) is 30.4 Å². The van der Waals surface area contributed by atoms with Crippen LogP contribution < -0.4 is 11.1 Å². The average Bonchev–Trinajstić information content (AvgIpc) is 2.26. The highest BCUT2D eigenvalue weighted by Gasteiger charge is 2.09. The Bertz CT molecular complexity index is 407. The van der Waals surface area contributed by atoms with Crippen LogP contribution in [0.25, 0.3) is 0 Å². The first-order chi connectivity index (χ1) is 7.65. The number of hydrogen-bond donors (Lipinski definition) is 2. The molecule has 0 amide bonds. The van der Waals surface area contributed by atoms with Crippen LogP contribution in [0.2, 0.25) is 0 Å². The number of benzene rings is 1. The normalized spacial score (nSPS) is 10.6. The Morgan fingerprint density at radius 3 is 2.81 bits per heavy atom. The van der Waals surface area contributed by atoms with E-state index in [0.29, 0.717) is 13.1 Å². The Hall–Kier alpha value is -1.95. The Morgan fingerprint density at radius 2 is 2.25 bits per heavy atom. The van der Waals surface area contributed by atoms with Crippen molar-refractivity contribution >= 4 is 11.4 Å². The molecule has 0 radical (unpaired) electrons. The zero-order valence-electron chi connectivity index (χ0n) is 8.52. The number of hydrogen-bond acceptors (Lipinski definition) is 4. The van der Waals surface area contributed by atoms with E-state index in [1.165, 1.54) is 12.1 Å². The molecule has 1 aromatic carbocycles. The summed E-state index contributed by atoms with van der Waals surface area (Å²) in [7, 11) is 0. The molecule has 0 atom stereocenters. The van der Waals surface area contributed by atoms with Crippen molar-refractivity contribution in [2.75, 3.05) is 18.4 Å². The topological polar surface area (TPSA) is 81.2 Å².